The first-order chi connectivity index (χ1) is 11.9. The first-order valence-electron chi connectivity index (χ1n) is 8.67. The van der Waals surface area contributed by atoms with Gasteiger partial charge in [-0.05, 0) is 43.0 Å². The van der Waals surface area contributed by atoms with E-state index in [0.29, 0.717) is 25.3 Å². The minimum Gasteiger partial charge on any atom is -0.370 e. The summed E-state index contributed by atoms with van der Waals surface area (Å²) in [5, 5.41) is 0. The molecule has 2 N–H and O–H groups in total. The summed E-state index contributed by atoms with van der Waals surface area (Å²) in [5.74, 6) is 0.209. The Morgan fingerprint density at radius 3 is 2.77 bits per heavy atom. The molecule has 0 bridgehead atoms. The minimum absolute atomic E-state index is 0. The standard InChI is InChI=1S/C18H23F3N2O2.ClH/c19-18(20,21)14-5-1-3-12(9-14)16-11-23(7-8-25-16)17(24)15-6-2-4-13(15)10-22;/h1,3,5,9,13,15-16H,2,4,6-8,10-11,22H2;1H/t13-,15-,16?;/m1./s1. The number of benzene rings is 1. The van der Waals surface area contributed by atoms with Crippen molar-refractivity contribution in [1.82, 2.24) is 4.90 Å². The SMILES string of the molecule is Cl.NC[C@H]1CCC[C@H]1C(=O)N1CCOC(c2cccc(C(F)(F)F)c2)C1. The number of alkyl halides is 3. The Morgan fingerprint density at radius 1 is 1.31 bits per heavy atom. The fraction of sp³-hybridized carbons (Fsp3) is 0.611. The van der Waals surface area contributed by atoms with Gasteiger partial charge < -0.3 is 15.4 Å². The highest BCUT2D eigenvalue weighted by Gasteiger charge is 2.37. The van der Waals surface area contributed by atoms with Gasteiger partial charge >= 0.3 is 6.18 Å². The molecule has 1 aliphatic carbocycles. The summed E-state index contributed by atoms with van der Waals surface area (Å²) in [6, 6.07) is 5.15. The average molecular weight is 393 g/mol. The predicted octanol–water partition coefficient (Wildman–Crippen LogP) is 3.40. The minimum atomic E-state index is -4.39. The summed E-state index contributed by atoms with van der Waals surface area (Å²) in [7, 11) is 0. The predicted molar refractivity (Wildman–Crippen MR) is 93.9 cm³/mol. The molecule has 1 aromatic carbocycles. The van der Waals surface area contributed by atoms with Crippen molar-refractivity contribution in [3.63, 3.8) is 0 Å². The van der Waals surface area contributed by atoms with Crippen molar-refractivity contribution in [2.75, 3.05) is 26.2 Å². The number of rotatable bonds is 3. The number of ether oxygens (including phenoxy) is 1. The lowest BCUT2D eigenvalue weighted by Crippen LogP contribution is -2.46. The van der Waals surface area contributed by atoms with Crippen molar-refractivity contribution in [1.29, 1.82) is 0 Å². The van der Waals surface area contributed by atoms with Crippen molar-refractivity contribution in [2.45, 2.75) is 31.5 Å². The first-order valence-corrected chi connectivity index (χ1v) is 8.67. The lowest BCUT2D eigenvalue weighted by Gasteiger charge is -2.35. The number of carbonyl (C=O) groups excluding carboxylic acids is 1. The number of amides is 1. The summed E-state index contributed by atoms with van der Waals surface area (Å²) in [6.45, 7) is 1.58. The maximum absolute atomic E-state index is 12.9. The molecule has 0 aromatic heterocycles. The van der Waals surface area contributed by atoms with E-state index in [-0.39, 0.29) is 36.7 Å². The van der Waals surface area contributed by atoms with Crippen LogP contribution in [0.2, 0.25) is 0 Å². The number of nitrogens with two attached hydrogens (primary N) is 1. The van der Waals surface area contributed by atoms with Gasteiger partial charge in [-0.3, -0.25) is 4.79 Å². The molecule has 0 spiro atoms. The zero-order chi connectivity index (χ0) is 18.0. The van der Waals surface area contributed by atoms with Gasteiger partial charge in [0.25, 0.3) is 0 Å². The maximum Gasteiger partial charge on any atom is 0.416 e. The normalized spacial score (nSPS) is 26.5. The van der Waals surface area contributed by atoms with Gasteiger partial charge in [0.05, 0.1) is 18.7 Å². The molecule has 1 saturated heterocycles. The van der Waals surface area contributed by atoms with E-state index in [9.17, 15) is 18.0 Å². The second-order valence-electron chi connectivity index (χ2n) is 6.80. The van der Waals surface area contributed by atoms with Gasteiger partial charge in [0.1, 0.15) is 6.10 Å². The van der Waals surface area contributed by atoms with E-state index < -0.39 is 17.8 Å². The highest BCUT2D eigenvalue weighted by atomic mass is 35.5. The van der Waals surface area contributed by atoms with Crippen molar-refractivity contribution in [3.8, 4) is 0 Å². The van der Waals surface area contributed by atoms with Crippen LogP contribution in [-0.4, -0.2) is 37.0 Å². The van der Waals surface area contributed by atoms with Gasteiger partial charge in [0.15, 0.2) is 0 Å². The van der Waals surface area contributed by atoms with Crippen molar-refractivity contribution < 1.29 is 22.7 Å². The lowest BCUT2D eigenvalue weighted by atomic mass is 9.94. The van der Waals surface area contributed by atoms with E-state index in [4.69, 9.17) is 10.5 Å². The molecule has 2 fully saturated rings. The van der Waals surface area contributed by atoms with Gasteiger partial charge in [-0.1, -0.05) is 18.6 Å². The molecule has 1 amide bonds. The molecule has 1 unspecified atom stereocenters. The van der Waals surface area contributed by atoms with E-state index in [0.717, 1.165) is 31.4 Å². The molecule has 1 aliphatic heterocycles. The summed E-state index contributed by atoms with van der Waals surface area (Å²) in [5.41, 5.74) is 5.52. The van der Waals surface area contributed by atoms with E-state index in [2.05, 4.69) is 0 Å². The Bertz CT molecular complexity index is 627. The molecular formula is C18H24ClF3N2O2. The summed E-state index contributed by atoms with van der Waals surface area (Å²) >= 11 is 0. The highest BCUT2D eigenvalue weighted by Crippen LogP contribution is 2.35. The van der Waals surface area contributed by atoms with Gasteiger partial charge in [-0.15, -0.1) is 12.4 Å². The summed E-state index contributed by atoms with van der Waals surface area (Å²) in [6.07, 6.45) is -2.11. The smallest absolute Gasteiger partial charge is 0.370 e. The van der Waals surface area contributed by atoms with E-state index in [1.54, 1.807) is 11.0 Å². The Balaban J connectivity index is 0.00000243. The van der Waals surface area contributed by atoms with Gasteiger partial charge in [0.2, 0.25) is 5.91 Å². The Labute approximate surface area is 157 Å². The molecule has 146 valence electrons. The fourth-order valence-electron chi connectivity index (χ4n) is 3.84. The molecule has 0 radical (unpaired) electrons. The van der Waals surface area contributed by atoms with E-state index in [1.807, 2.05) is 0 Å². The second-order valence-corrected chi connectivity index (χ2v) is 6.80. The van der Waals surface area contributed by atoms with Gasteiger partial charge in [-0.2, -0.15) is 13.2 Å². The Kier molecular flexibility index (Phi) is 6.93. The van der Waals surface area contributed by atoms with Crippen LogP contribution in [0.4, 0.5) is 13.2 Å². The van der Waals surface area contributed by atoms with Crippen LogP contribution in [0.5, 0.6) is 0 Å². The molecule has 2 aliphatic rings. The summed E-state index contributed by atoms with van der Waals surface area (Å²) in [4.78, 5) is 14.5. The zero-order valence-corrected chi connectivity index (χ0v) is 15.2. The second kappa shape index (κ2) is 8.59. The van der Waals surface area contributed by atoms with Crippen LogP contribution < -0.4 is 5.73 Å². The van der Waals surface area contributed by atoms with Crippen LogP contribution in [-0.2, 0) is 15.7 Å². The van der Waals surface area contributed by atoms with Crippen molar-refractivity contribution in [2.24, 2.45) is 17.6 Å². The zero-order valence-electron chi connectivity index (χ0n) is 14.4. The average Bonchev–Trinajstić information content (AvgIpc) is 3.09. The monoisotopic (exact) mass is 392 g/mol. The molecule has 1 aromatic rings. The Hall–Kier alpha value is -1.31. The first kappa shape index (κ1) is 21.0. The molecule has 3 atom stereocenters. The number of halogens is 4. The topological polar surface area (TPSA) is 55.6 Å². The molecular weight excluding hydrogens is 369 g/mol. The largest absolute Gasteiger partial charge is 0.416 e. The third kappa shape index (κ3) is 4.50. The Morgan fingerprint density at radius 2 is 2.08 bits per heavy atom. The third-order valence-corrected chi connectivity index (χ3v) is 5.24. The lowest BCUT2D eigenvalue weighted by molar-refractivity contribution is -0.145. The van der Waals surface area contributed by atoms with Gasteiger partial charge in [0, 0.05) is 12.5 Å². The molecule has 1 saturated carbocycles. The number of nitrogens with zero attached hydrogens (tertiary/aromatic N) is 1. The summed E-state index contributed by atoms with van der Waals surface area (Å²) < 4.78 is 44.4. The quantitative estimate of drug-likeness (QED) is 0.857. The van der Waals surface area contributed by atoms with Crippen LogP contribution in [0.1, 0.15) is 36.5 Å². The van der Waals surface area contributed by atoms with Crippen LogP contribution in [0.25, 0.3) is 0 Å². The highest BCUT2D eigenvalue weighted by molar-refractivity contribution is 5.85. The third-order valence-electron chi connectivity index (χ3n) is 5.24. The molecule has 26 heavy (non-hydrogen) atoms. The van der Waals surface area contributed by atoms with Crippen molar-refractivity contribution >= 4 is 18.3 Å². The van der Waals surface area contributed by atoms with E-state index >= 15 is 0 Å². The van der Waals surface area contributed by atoms with Crippen LogP contribution in [0.3, 0.4) is 0 Å². The van der Waals surface area contributed by atoms with Crippen LogP contribution >= 0.6 is 12.4 Å². The molecule has 4 nitrogen and oxygen atoms in total. The maximum atomic E-state index is 12.9. The number of morpholine rings is 1. The van der Waals surface area contributed by atoms with Crippen LogP contribution in [0.15, 0.2) is 24.3 Å². The van der Waals surface area contributed by atoms with Crippen molar-refractivity contribution in [3.05, 3.63) is 35.4 Å². The molecule has 1 heterocycles. The fourth-order valence-corrected chi connectivity index (χ4v) is 3.84. The van der Waals surface area contributed by atoms with Crippen LogP contribution in [0, 0.1) is 11.8 Å². The molecule has 3 rings (SSSR count). The molecule has 8 heteroatoms. The number of hydrogen-bond donors (Lipinski definition) is 1. The number of hydrogen-bond acceptors (Lipinski definition) is 3. The van der Waals surface area contributed by atoms with E-state index in [1.165, 1.54) is 6.07 Å². The number of carbonyl (C=O) groups is 1. The van der Waals surface area contributed by atoms with Gasteiger partial charge in [-0.25, -0.2) is 0 Å².